The van der Waals surface area contributed by atoms with Gasteiger partial charge in [0.15, 0.2) is 0 Å². The number of aryl methyl sites for hydroxylation is 1. The van der Waals surface area contributed by atoms with Crippen molar-refractivity contribution >= 4 is 0 Å². The molecule has 0 bridgehead atoms. The Hall–Kier alpha value is -1.02. The number of aliphatic hydroxyl groups is 1. The van der Waals surface area contributed by atoms with E-state index in [1.807, 2.05) is 12.1 Å². The molecule has 0 spiro atoms. The van der Waals surface area contributed by atoms with Gasteiger partial charge in [-0.3, -0.25) is 0 Å². The van der Waals surface area contributed by atoms with Gasteiger partial charge >= 0.3 is 0 Å². The highest BCUT2D eigenvalue weighted by atomic mass is 16.5. The minimum Gasteiger partial charge on any atom is -0.490 e. The average Bonchev–Trinajstić information content (AvgIpc) is 2.42. The second kappa shape index (κ2) is 2.74. The standard InChI is InChI=1S/C12H14O2/c13-12-7-2-1-4-9-5-3-6-10(11(9)12)14-8-12/h3,5-6,13H,1-2,4,7-8H2. The summed E-state index contributed by atoms with van der Waals surface area (Å²) in [5.74, 6) is 0.895. The van der Waals surface area contributed by atoms with Crippen LogP contribution in [0.2, 0.25) is 0 Å². The van der Waals surface area contributed by atoms with E-state index in [9.17, 15) is 5.11 Å². The van der Waals surface area contributed by atoms with Gasteiger partial charge in [0.1, 0.15) is 18.0 Å². The Morgan fingerprint density at radius 1 is 1.29 bits per heavy atom. The van der Waals surface area contributed by atoms with Crippen molar-refractivity contribution in [2.75, 3.05) is 6.61 Å². The number of rotatable bonds is 0. The molecule has 0 aromatic heterocycles. The van der Waals surface area contributed by atoms with Crippen LogP contribution in [0, 0.1) is 0 Å². The summed E-state index contributed by atoms with van der Waals surface area (Å²) in [5, 5.41) is 10.4. The van der Waals surface area contributed by atoms with Gasteiger partial charge in [0, 0.05) is 5.56 Å². The van der Waals surface area contributed by atoms with Crippen LogP contribution in [-0.4, -0.2) is 11.7 Å². The molecule has 0 fully saturated rings. The van der Waals surface area contributed by atoms with E-state index < -0.39 is 5.60 Å². The first-order valence-electron chi connectivity index (χ1n) is 5.27. The maximum absolute atomic E-state index is 10.4. The lowest BCUT2D eigenvalue weighted by atomic mass is 9.90. The lowest BCUT2D eigenvalue weighted by molar-refractivity contribution is 0.00790. The van der Waals surface area contributed by atoms with Crippen molar-refractivity contribution in [1.29, 1.82) is 0 Å². The Bertz CT molecular complexity index is 373. The highest BCUT2D eigenvalue weighted by molar-refractivity contribution is 5.48. The molecular formula is C12H14O2. The molecule has 1 unspecified atom stereocenters. The Morgan fingerprint density at radius 3 is 3.14 bits per heavy atom. The lowest BCUT2D eigenvalue weighted by Gasteiger charge is -2.20. The molecule has 2 heteroatoms. The molecule has 1 aliphatic heterocycles. The first-order valence-corrected chi connectivity index (χ1v) is 5.27. The van der Waals surface area contributed by atoms with Crippen LogP contribution in [-0.2, 0) is 12.0 Å². The van der Waals surface area contributed by atoms with Crippen LogP contribution in [0.5, 0.6) is 5.75 Å². The number of hydrogen-bond donors (Lipinski definition) is 1. The van der Waals surface area contributed by atoms with Crippen molar-refractivity contribution in [2.45, 2.75) is 31.3 Å². The van der Waals surface area contributed by atoms with Crippen LogP contribution in [0.4, 0.5) is 0 Å². The molecule has 1 aliphatic carbocycles. The Labute approximate surface area is 83.5 Å². The molecule has 3 rings (SSSR count). The van der Waals surface area contributed by atoms with E-state index in [0.717, 1.165) is 30.6 Å². The molecule has 0 amide bonds. The molecule has 1 aromatic carbocycles. The summed E-state index contributed by atoms with van der Waals surface area (Å²) in [6, 6.07) is 6.09. The zero-order chi connectivity index (χ0) is 9.60. The van der Waals surface area contributed by atoms with Crippen LogP contribution in [0.1, 0.15) is 30.4 Å². The second-order valence-corrected chi connectivity index (χ2v) is 4.32. The molecular weight excluding hydrogens is 176 g/mol. The van der Waals surface area contributed by atoms with E-state index in [0.29, 0.717) is 6.61 Å². The predicted molar refractivity (Wildman–Crippen MR) is 53.4 cm³/mol. The number of hydrogen-bond acceptors (Lipinski definition) is 2. The van der Waals surface area contributed by atoms with Gasteiger partial charge in [-0.15, -0.1) is 0 Å². The highest BCUT2D eigenvalue weighted by Gasteiger charge is 2.41. The van der Waals surface area contributed by atoms with Gasteiger partial charge in [0.05, 0.1) is 0 Å². The Morgan fingerprint density at radius 2 is 2.21 bits per heavy atom. The topological polar surface area (TPSA) is 29.5 Å². The first kappa shape index (κ1) is 8.30. The summed E-state index contributed by atoms with van der Waals surface area (Å²) in [7, 11) is 0. The fraction of sp³-hybridized carbons (Fsp3) is 0.500. The van der Waals surface area contributed by atoms with Crippen molar-refractivity contribution in [3.05, 3.63) is 29.3 Å². The van der Waals surface area contributed by atoms with Crippen molar-refractivity contribution in [2.24, 2.45) is 0 Å². The third kappa shape index (κ3) is 1.01. The average molecular weight is 190 g/mol. The molecule has 0 saturated heterocycles. The predicted octanol–water partition coefficient (Wildman–Crippen LogP) is 1.99. The molecule has 74 valence electrons. The van der Waals surface area contributed by atoms with E-state index in [1.54, 1.807) is 0 Å². The van der Waals surface area contributed by atoms with E-state index in [2.05, 4.69) is 6.07 Å². The zero-order valence-electron chi connectivity index (χ0n) is 8.12. The molecule has 14 heavy (non-hydrogen) atoms. The van der Waals surface area contributed by atoms with Crippen molar-refractivity contribution < 1.29 is 9.84 Å². The smallest absolute Gasteiger partial charge is 0.127 e. The van der Waals surface area contributed by atoms with Crippen LogP contribution >= 0.6 is 0 Å². The summed E-state index contributed by atoms with van der Waals surface area (Å²) in [6.45, 7) is 0.444. The summed E-state index contributed by atoms with van der Waals surface area (Å²) in [4.78, 5) is 0. The van der Waals surface area contributed by atoms with Crippen LogP contribution < -0.4 is 4.74 Å². The number of benzene rings is 1. The van der Waals surface area contributed by atoms with Crippen LogP contribution in [0.3, 0.4) is 0 Å². The van der Waals surface area contributed by atoms with Crippen molar-refractivity contribution in [1.82, 2.24) is 0 Å². The van der Waals surface area contributed by atoms with Gasteiger partial charge in [-0.1, -0.05) is 12.1 Å². The molecule has 0 saturated carbocycles. The van der Waals surface area contributed by atoms with Gasteiger partial charge in [-0.2, -0.15) is 0 Å². The van der Waals surface area contributed by atoms with E-state index in [-0.39, 0.29) is 0 Å². The van der Waals surface area contributed by atoms with Gasteiger partial charge in [-0.25, -0.2) is 0 Å². The Balaban J connectivity index is 2.23. The van der Waals surface area contributed by atoms with Crippen molar-refractivity contribution in [3.8, 4) is 5.75 Å². The van der Waals surface area contributed by atoms with E-state index in [4.69, 9.17) is 4.74 Å². The van der Waals surface area contributed by atoms with Crippen molar-refractivity contribution in [3.63, 3.8) is 0 Å². The number of ether oxygens (including phenoxy) is 1. The highest BCUT2D eigenvalue weighted by Crippen LogP contribution is 2.44. The summed E-state index contributed by atoms with van der Waals surface area (Å²) in [5.41, 5.74) is 1.65. The minimum atomic E-state index is -0.692. The zero-order valence-corrected chi connectivity index (χ0v) is 8.12. The third-order valence-corrected chi connectivity index (χ3v) is 3.33. The van der Waals surface area contributed by atoms with Gasteiger partial charge in [0.25, 0.3) is 0 Å². The molecule has 1 heterocycles. The monoisotopic (exact) mass is 190 g/mol. The SMILES string of the molecule is OC12CCCCc3cccc(c31)OC2. The quantitative estimate of drug-likeness (QED) is 0.678. The van der Waals surface area contributed by atoms with E-state index >= 15 is 0 Å². The summed E-state index contributed by atoms with van der Waals surface area (Å²) < 4.78 is 5.53. The lowest BCUT2D eigenvalue weighted by Crippen LogP contribution is -2.27. The first-order chi connectivity index (χ1) is 6.80. The maximum atomic E-state index is 10.4. The molecule has 0 radical (unpaired) electrons. The van der Waals surface area contributed by atoms with Crippen LogP contribution in [0.15, 0.2) is 18.2 Å². The molecule has 1 aromatic rings. The van der Waals surface area contributed by atoms with Gasteiger partial charge in [-0.05, 0) is 37.3 Å². The Kier molecular flexibility index (Phi) is 1.62. The minimum absolute atomic E-state index is 0.444. The molecule has 1 atom stereocenters. The molecule has 2 nitrogen and oxygen atoms in total. The molecule has 2 aliphatic rings. The van der Waals surface area contributed by atoms with Gasteiger partial charge in [0.2, 0.25) is 0 Å². The summed E-state index contributed by atoms with van der Waals surface area (Å²) in [6.07, 6.45) is 4.19. The van der Waals surface area contributed by atoms with Gasteiger partial charge < -0.3 is 9.84 Å². The fourth-order valence-electron chi connectivity index (χ4n) is 2.63. The maximum Gasteiger partial charge on any atom is 0.127 e. The molecule has 1 N–H and O–H groups in total. The second-order valence-electron chi connectivity index (χ2n) is 4.32. The fourth-order valence-corrected chi connectivity index (χ4v) is 2.63. The largest absolute Gasteiger partial charge is 0.490 e. The summed E-state index contributed by atoms with van der Waals surface area (Å²) >= 11 is 0. The van der Waals surface area contributed by atoms with E-state index in [1.165, 1.54) is 12.0 Å². The normalized spacial score (nSPS) is 29.2. The third-order valence-electron chi connectivity index (χ3n) is 3.33. The van der Waals surface area contributed by atoms with Crippen LogP contribution in [0.25, 0.3) is 0 Å².